The van der Waals surface area contributed by atoms with E-state index in [2.05, 4.69) is 11.5 Å². The van der Waals surface area contributed by atoms with Gasteiger partial charge in [-0.15, -0.1) is 0 Å². The van der Waals surface area contributed by atoms with Crippen LogP contribution in [0.4, 0.5) is 4.53 Å². The third-order valence-corrected chi connectivity index (χ3v) is 2.16. The van der Waals surface area contributed by atoms with E-state index in [1.54, 1.807) is 6.08 Å². The van der Waals surface area contributed by atoms with Crippen molar-refractivity contribution < 1.29 is 14.6 Å². The predicted molar refractivity (Wildman–Crippen MR) is 44.1 cm³/mol. The van der Waals surface area contributed by atoms with Crippen molar-refractivity contribution in [3.8, 4) is 0 Å². The van der Waals surface area contributed by atoms with E-state index in [9.17, 15) is 4.53 Å². The molecule has 0 bridgehead atoms. The van der Waals surface area contributed by atoms with Crippen LogP contribution in [0.25, 0.3) is 0 Å². The van der Waals surface area contributed by atoms with Gasteiger partial charge in [-0.25, -0.2) is 0 Å². The summed E-state index contributed by atoms with van der Waals surface area (Å²) in [7, 11) is 0. The molecule has 0 heterocycles. The van der Waals surface area contributed by atoms with Gasteiger partial charge in [0, 0.05) is 6.42 Å². The Morgan fingerprint density at radius 1 is 1.67 bits per heavy atom. The van der Waals surface area contributed by atoms with E-state index in [1.165, 1.54) is 0 Å². The molecule has 1 saturated carbocycles. The van der Waals surface area contributed by atoms with E-state index in [4.69, 9.17) is 5.11 Å². The molecule has 0 aromatic carbocycles. The van der Waals surface area contributed by atoms with Gasteiger partial charge in [0.15, 0.2) is 0 Å². The summed E-state index contributed by atoms with van der Waals surface area (Å²) in [4.78, 5) is 3.76. The third kappa shape index (κ3) is 2.16. The first-order chi connectivity index (χ1) is 5.77. The van der Waals surface area contributed by atoms with Gasteiger partial charge in [-0.1, -0.05) is 18.2 Å². The molecule has 1 aliphatic rings. The molecule has 0 aliphatic heterocycles. The molecule has 0 radical (unpaired) electrons. The topological polar surface area (TPSA) is 29.5 Å². The molecule has 0 aromatic heterocycles. The van der Waals surface area contributed by atoms with Crippen LogP contribution < -0.4 is 0 Å². The molecule has 0 aromatic rings. The summed E-state index contributed by atoms with van der Waals surface area (Å²) in [6, 6.07) is 0. The van der Waals surface area contributed by atoms with Crippen LogP contribution in [0.5, 0.6) is 0 Å². The van der Waals surface area contributed by atoms with E-state index < -0.39 is 6.10 Å². The summed E-state index contributed by atoms with van der Waals surface area (Å²) >= 11 is 0. The van der Waals surface area contributed by atoms with Gasteiger partial charge in [0.05, 0.1) is 6.61 Å². The van der Waals surface area contributed by atoms with Gasteiger partial charge >= 0.3 is 0 Å². The fraction of sp³-hybridized carbons (Fsp3) is 0.556. The minimum Gasteiger partial charge on any atom is -0.392 e. The molecule has 0 amide bonds. The molecular formula is C9H13FO2. The van der Waals surface area contributed by atoms with Crippen LogP contribution in [0, 0.1) is 0 Å². The summed E-state index contributed by atoms with van der Waals surface area (Å²) in [6.45, 7) is 3.72. The van der Waals surface area contributed by atoms with Crippen molar-refractivity contribution >= 4 is 0 Å². The highest BCUT2D eigenvalue weighted by molar-refractivity contribution is 5.18. The zero-order valence-corrected chi connectivity index (χ0v) is 6.92. The van der Waals surface area contributed by atoms with Crippen molar-refractivity contribution in [1.82, 2.24) is 0 Å². The molecule has 12 heavy (non-hydrogen) atoms. The minimum atomic E-state index is -0.503. The first kappa shape index (κ1) is 9.42. The van der Waals surface area contributed by atoms with Gasteiger partial charge in [-0.3, -0.25) is 0 Å². The fourth-order valence-electron chi connectivity index (χ4n) is 1.38. The highest BCUT2D eigenvalue weighted by Crippen LogP contribution is 2.28. The molecule has 0 spiro atoms. The van der Waals surface area contributed by atoms with Crippen LogP contribution in [0.2, 0.25) is 0 Å². The van der Waals surface area contributed by atoms with E-state index in [0.29, 0.717) is 6.42 Å². The number of hydrogen-bond donors (Lipinski definition) is 1. The Kier molecular flexibility index (Phi) is 3.44. The second-order valence-electron chi connectivity index (χ2n) is 2.99. The third-order valence-electron chi connectivity index (χ3n) is 2.16. The largest absolute Gasteiger partial charge is 0.392 e. The molecule has 1 aliphatic carbocycles. The molecule has 1 fully saturated rings. The molecule has 2 nitrogen and oxygen atoms in total. The zero-order chi connectivity index (χ0) is 8.97. The van der Waals surface area contributed by atoms with Crippen LogP contribution in [0.1, 0.15) is 19.3 Å². The van der Waals surface area contributed by atoms with Gasteiger partial charge in [0.2, 0.25) is 0 Å². The first-order valence-corrected chi connectivity index (χ1v) is 4.01. The van der Waals surface area contributed by atoms with E-state index >= 15 is 0 Å². The standard InChI is InChI=1S/C9H13FO2/c1-7-2-3-8(4-5-11)6-9(7)12-10/h4,9,11H,1-3,5-6H2/b8-4-. The van der Waals surface area contributed by atoms with Crippen molar-refractivity contribution in [2.75, 3.05) is 6.61 Å². The number of aliphatic hydroxyl groups is 1. The van der Waals surface area contributed by atoms with Crippen LogP contribution in [-0.4, -0.2) is 17.8 Å². The molecule has 1 N–H and O–H groups in total. The van der Waals surface area contributed by atoms with Crippen LogP contribution in [-0.2, 0) is 4.94 Å². The lowest BCUT2D eigenvalue weighted by molar-refractivity contribution is -0.167. The number of rotatable bonds is 2. The Morgan fingerprint density at radius 2 is 2.42 bits per heavy atom. The van der Waals surface area contributed by atoms with Crippen molar-refractivity contribution in [2.24, 2.45) is 0 Å². The van der Waals surface area contributed by atoms with Gasteiger partial charge in [0.25, 0.3) is 0 Å². The van der Waals surface area contributed by atoms with E-state index in [0.717, 1.165) is 24.0 Å². The van der Waals surface area contributed by atoms with Crippen molar-refractivity contribution in [2.45, 2.75) is 25.4 Å². The van der Waals surface area contributed by atoms with Crippen molar-refractivity contribution in [1.29, 1.82) is 0 Å². The lowest BCUT2D eigenvalue weighted by atomic mass is 9.89. The molecule has 1 rings (SSSR count). The second kappa shape index (κ2) is 4.38. The van der Waals surface area contributed by atoms with Crippen LogP contribution in [0.3, 0.4) is 0 Å². The summed E-state index contributed by atoms with van der Waals surface area (Å²) in [5.74, 6) is 0. The molecule has 1 atom stereocenters. The quantitative estimate of drug-likeness (QED) is 0.645. The Hall–Kier alpha value is -0.670. The van der Waals surface area contributed by atoms with Crippen LogP contribution >= 0.6 is 0 Å². The Balaban J connectivity index is 2.55. The Morgan fingerprint density at radius 3 is 3.00 bits per heavy atom. The number of aliphatic hydroxyl groups excluding tert-OH is 1. The summed E-state index contributed by atoms with van der Waals surface area (Å²) in [5, 5.41) is 8.61. The predicted octanol–water partition coefficient (Wildman–Crippen LogP) is 1.91. The highest BCUT2D eigenvalue weighted by atomic mass is 19.3. The number of hydrogen-bond acceptors (Lipinski definition) is 2. The Bertz CT molecular complexity index is 199. The first-order valence-electron chi connectivity index (χ1n) is 4.01. The number of halogens is 1. The van der Waals surface area contributed by atoms with Gasteiger partial charge < -0.3 is 5.11 Å². The Labute approximate surface area is 71.2 Å². The van der Waals surface area contributed by atoms with Crippen molar-refractivity contribution in [3.63, 3.8) is 0 Å². The normalized spacial score (nSPS) is 28.0. The average Bonchev–Trinajstić information content (AvgIpc) is 2.09. The van der Waals surface area contributed by atoms with Gasteiger partial charge in [-0.2, -0.15) is 4.94 Å². The van der Waals surface area contributed by atoms with Gasteiger partial charge in [0.1, 0.15) is 6.10 Å². The maximum atomic E-state index is 11.9. The summed E-state index contributed by atoms with van der Waals surface area (Å²) < 4.78 is 11.9. The lowest BCUT2D eigenvalue weighted by Crippen LogP contribution is -2.17. The average molecular weight is 172 g/mol. The minimum absolute atomic E-state index is 0.0147. The van der Waals surface area contributed by atoms with Crippen LogP contribution in [0.15, 0.2) is 23.8 Å². The van der Waals surface area contributed by atoms with E-state index in [1.807, 2.05) is 0 Å². The monoisotopic (exact) mass is 172 g/mol. The SMILES string of the molecule is C=C1CC/C(=C/CO)CC1OF. The maximum absolute atomic E-state index is 11.9. The fourth-order valence-corrected chi connectivity index (χ4v) is 1.38. The molecule has 1 unspecified atom stereocenters. The maximum Gasteiger partial charge on any atom is 0.123 e. The lowest BCUT2D eigenvalue weighted by Gasteiger charge is -2.22. The van der Waals surface area contributed by atoms with Crippen molar-refractivity contribution in [3.05, 3.63) is 23.8 Å². The molecule has 0 saturated heterocycles. The smallest absolute Gasteiger partial charge is 0.123 e. The second-order valence-corrected chi connectivity index (χ2v) is 2.99. The highest BCUT2D eigenvalue weighted by Gasteiger charge is 2.21. The summed E-state index contributed by atoms with van der Waals surface area (Å²) in [5.41, 5.74) is 1.85. The molecule has 3 heteroatoms. The van der Waals surface area contributed by atoms with E-state index in [-0.39, 0.29) is 6.61 Å². The molecule has 68 valence electrons. The summed E-state index contributed by atoms with van der Waals surface area (Å²) in [6.07, 6.45) is 3.34. The molecular weight excluding hydrogens is 159 g/mol. The van der Waals surface area contributed by atoms with Gasteiger partial charge in [-0.05, 0) is 22.9 Å². The zero-order valence-electron chi connectivity index (χ0n) is 6.92.